The normalized spacial score (nSPS) is 31.1. The van der Waals surface area contributed by atoms with Crippen molar-refractivity contribution < 1.29 is 20.1 Å². The highest BCUT2D eigenvalue weighted by Gasteiger charge is 2.57. The lowest BCUT2D eigenvalue weighted by Gasteiger charge is -2.50. The molecule has 3 atom stereocenters. The average molecular weight is 258 g/mol. The highest BCUT2D eigenvalue weighted by molar-refractivity contribution is 5.07. The van der Waals surface area contributed by atoms with Crippen LogP contribution in [0.4, 0.5) is 0 Å². The number of nitrogens with one attached hydrogen (secondary N) is 1. The van der Waals surface area contributed by atoms with E-state index < -0.39 is 42.4 Å². The van der Waals surface area contributed by atoms with Gasteiger partial charge in [0.1, 0.15) is 6.10 Å². The summed E-state index contributed by atoms with van der Waals surface area (Å²) in [5, 5.41) is 28.2. The van der Waals surface area contributed by atoms with Crippen molar-refractivity contribution in [3.8, 4) is 0 Å². The van der Waals surface area contributed by atoms with Crippen LogP contribution in [0.15, 0.2) is 15.8 Å². The Bertz CT molecular complexity index is 564. The second-order valence-corrected chi connectivity index (χ2v) is 4.29. The van der Waals surface area contributed by atoms with Crippen LogP contribution in [0, 0.1) is 6.92 Å². The number of aliphatic hydroxyl groups is 3. The number of aliphatic hydroxyl groups excluding tert-OH is 2. The molecule has 1 fully saturated rings. The number of rotatable bonds is 3. The average Bonchev–Trinajstić information content (AvgIpc) is 2.33. The third-order valence-electron chi connectivity index (χ3n) is 3.10. The minimum Gasteiger partial charge on any atom is -0.394 e. The molecule has 0 aliphatic carbocycles. The van der Waals surface area contributed by atoms with Gasteiger partial charge in [0, 0.05) is 11.8 Å². The molecule has 100 valence electrons. The lowest BCUT2D eigenvalue weighted by molar-refractivity contribution is -0.339. The van der Waals surface area contributed by atoms with E-state index >= 15 is 0 Å². The molecule has 0 amide bonds. The van der Waals surface area contributed by atoms with Crippen LogP contribution in [0.2, 0.25) is 0 Å². The molecule has 1 aromatic heterocycles. The van der Waals surface area contributed by atoms with Crippen LogP contribution in [-0.4, -0.2) is 49.8 Å². The van der Waals surface area contributed by atoms with Crippen molar-refractivity contribution in [1.82, 2.24) is 9.55 Å². The Labute approximate surface area is 101 Å². The Morgan fingerprint density at radius 3 is 2.72 bits per heavy atom. The maximum atomic E-state index is 11.6. The summed E-state index contributed by atoms with van der Waals surface area (Å²) in [7, 11) is 0. The van der Waals surface area contributed by atoms with Crippen molar-refractivity contribution >= 4 is 0 Å². The standard InChI is InChI=1S/C10H14N2O6/c1-5-2-12(9(16)11-7(5)15)8-10(17,4-14)6(3-13)18-8/h2,6,8,13-14,17H,3-4H2,1H3,(H,11,15,16)/t6-,8-,10+/m1/s1. The summed E-state index contributed by atoms with van der Waals surface area (Å²) >= 11 is 0. The molecule has 8 heteroatoms. The molecular weight excluding hydrogens is 244 g/mol. The first-order chi connectivity index (χ1) is 8.43. The summed E-state index contributed by atoms with van der Waals surface area (Å²) in [6.07, 6.45) is -0.866. The molecule has 1 aliphatic heterocycles. The Morgan fingerprint density at radius 2 is 2.17 bits per heavy atom. The molecule has 8 nitrogen and oxygen atoms in total. The van der Waals surface area contributed by atoms with Crippen molar-refractivity contribution in [3.63, 3.8) is 0 Å². The lowest BCUT2D eigenvalue weighted by atomic mass is 9.89. The summed E-state index contributed by atoms with van der Waals surface area (Å²) in [5.74, 6) is 0. The number of aromatic nitrogens is 2. The van der Waals surface area contributed by atoms with E-state index in [0.29, 0.717) is 0 Å². The minimum atomic E-state index is -1.75. The van der Waals surface area contributed by atoms with E-state index in [1.807, 2.05) is 0 Å². The molecule has 0 radical (unpaired) electrons. The number of H-pyrrole nitrogens is 1. The molecule has 1 aromatic rings. The van der Waals surface area contributed by atoms with Crippen molar-refractivity contribution in [1.29, 1.82) is 0 Å². The summed E-state index contributed by atoms with van der Waals surface area (Å²) in [6, 6.07) is 0. The molecule has 2 rings (SSSR count). The summed E-state index contributed by atoms with van der Waals surface area (Å²) in [5.41, 5.74) is -2.75. The van der Waals surface area contributed by atoms with Gasteiger partial charge in [-0.05, 0) is 6.92 Å². The molecule has 1 aliphatic rings. The van der Waals surface area contributed by atoms with Gasteiger partial charge in [0.25, 0.3) is 5.56 Å². The number of ether oxygens (including phenoxy) is 1. The molecule has 0 unspecified atom stereocenters. The van der Waals surface area contributed by atoms with E-state index in [1.54, 1.807) is 0 Å². The van der Waals surface area contributed by atoms with E-state index in [-0.39, 0.29) is 5.56 Å². The van der Waals surface area contributed by atoms with Gasteiger partial charge in [-0.25, -0.2) is 4.79 Å². The van der Waals surface area contributed by atoms with Crippen LogP contribution < -0.4 is 11.2 Å². The van der Waals surface area contributed by atoms with Gasteiger partial charge in [0.05, 0.1) is 13.2 Å². The summed E-state index contributed by atoms with van der Waals surface area (Å²) in [6.45, 7) is 0.340. The number of nitrogens with zero attached hydrogens (tertiary/aromatic N) is 1. The van der Waals surface area contributed by atoms with E-state index in [1.165, 1.54) is 13.1 Å². The van der Waals surface area contributed by atoms with Gasteiger partial charge in [-0.2, -0.15) is 0 Å². The predicted octanol–water partition coefficient (Wildman–Crippen LogP) is -2.54. The Kier molecular flexibility index (Phi) is 3.11. The molecule has 1 saturated heterocycles. The highest BCUT2D eigenvalue weighted by atomic mass is 16.6. The van der Waals surface area contributed by atoms with Gasteiger partial charge in [-0.3, -0.25) is 14.3 Å². The third-order valence-corrected chi connectivity index (χ3v) is 3.10. The van der Waals surface area contributed by atoms with E-state index in [0.717, 1.165) is 4.57 Å². The highest BCUT2D eigenvalue weighted by Crippen LogP contribution is 2.39. The van der Waals surface area contributed by atoms with Crippen LogP contribution in [0.1, 0.15) is 11.8 Å². The zero-order valence-electron chi connectivity index (χ0n) is 9.66. The maximum absolute atomic E-state index is 11.6. The molecule has 0 spiro atoms. The van der Waals surface area contributed by atoms with Gasteiger partial charge in [0.15, 0.2) is 11.8 Å². The van der Waals surface area contributed by atoms with Crippen LogP contribution in [0.5, 0.6) is 0 Å². The SMILES string of the molecule is Cc1cn([C@@H]2O[C@H](CO)[C@@]2(O)CO)c(=O)[nH]c1=O. The maximum Gasteiger partial charge on any atom is 0.330 e. The number of aromatic amines is 1. The van der Waals surface area contributed by atoms with E-state index in [2.05, 4.69) is 4.98 Å². The first-order valence-corrected chi connectivity index (χ1v) is 5.35. The minimum absolute atomic E-state index is 0.269. The lowest BCUT2D eigenvalue weighted by Crippen LogP contribution is -2.67. The van der Waals surface area contributed by atoms with Crippen LogP contribution in [0.3, 0.4) is 0 Å². The number of hydrogen-bond donors (Lipinski definition) is 4. The fourth-order valence-electron chi connectivity index (χ4n) is 1.93. The second kappa shape index (κ2) is 4.32. The first-order valence-electron chi connectivity index (χ1n) is 5.35. The molecule has 0 aromatic carbocycles. The van der Waals surface area contributed by atoms with Crippen molar-refractivity contribution in [3.05, 3.63) is 32.6 Å². The van der Waals surface area contributed by atoms with E-state index in [4.69, 9.17) is 14.9 Å². The monoisotopic (exact) mass is 258 g/mol. The van der Waals surface area contributed by atoms with E-state index in [9.17, 15) is 14.7 Å². The number of aryl methyl sites for hydroxylation is 1. The van der Waals surface area contributed by atoms with Crippen LogP contribution >= 0.6 is 0 Å². The molecule has 0 bridgehead atoms. The van der Waals surface area contributed by atoms with Crippen molar-refractivity contribution in [2.75, 3.05) is 13.2 Å². The van der Waals surface area contributed by atoms with Gasteiger partial charge >= 0.3 is 5.69 Å². The molecule has 2 heterocycles. The van der Waals surface area contributed by atoms with Gasteiger partial charge in [-0.1, -0.05) is 0 Å². The van der Waals surface area contributed by atoms with Crippen LogP contribution in [0.25, 0.3) is 0 Å². The fraction of sp³-hybridized carbons (Fsp3) is 0.600. The fourth-order valence-corrected chi connectivity index (χ4v) is 1.93. The second-order valence-electron chi connectivity index (χ2n) is 4.29. The zero-order chi connectivity index (χ0) is 13.5. The van der Waals surface area contributed by atoms with Crippen molar-refractivity contribution in [2.45, 2.75) is 24.9 Å². The molecule has 18 heavy (non-hydrogen) atoms. The molecule has 0 saturated carbocycles. The molecular formula is C10H14N2O6. The largest absolute Gasteiger partial charge is 0.394 e. The topological polar surface area (TPSA) is 125 Å². The van der Waals surface area contributed by atoms with Gasteiger partial charge in [-0.15, -0.1) is 0 Å². The Morgan fingerprint density at radius 1 is 1.50 bits per heavy atom. The number of hydrogen-bond acceptors (Lipinski definition) is 6. The summed E-state index contributed by atoms with van der Waals surface area (Å²) < 4.78 is 6.12. The van der Waals surface area contributed by atoms with Crippen molar-refractivity contribution in [2.24, 2.45) is 0 Å². The summed E-state index contributed by atoms with van der Waals surface area (Å²) in [4.78, 5) is 24.9. The Balaban J connectivity index is 2.43. The van der Waals surface area contributed by atoms with Gasteiger partial charge < -0.3 is 20.1 Å². The van der Waals surface area contributed by atoms with Crippen LogP contribution in [-0.2, 0) is 4.74 Å². The van der Waals surface area contributed by atoms with Gasteiger partial charge in [0.2, 0.25) is 0 Å². The smallest absolute Gasteiger partial charge is 0.330 e. The third kappa shape index (κ3) is 1.70. The predicted molar refractivity (Wildman–Crippen MR) is 59.1 cm³/mol. The first kappa shape index (κ1) is 13.0. The Hall–Kier alpha value is -1.48. The quantitative estimate of drug-likeness (QED) is 0.473. The molecule has 4 N–H and O–H groups in total. The zero-order valence-corrected chi connectivity index (χ0v) is 9.66.